The molecule has 0 N–H and O–H groups in total. The molecule has 254 valence electrons. The molecule has 0 bridgehead atoms. The first-order chi connectivity index (χ1) is 41.2. The van der Waals surface area contributed by atoms with Gasteiger partial charge in [-0.15, -0.1) is 0 Å². The molecule has 2 heteroatoms. The van der Waals surface area contributed by atoms with Gasteiger partial charge in [0.05, 0.1) is 60.6 Å². The fraction of sp³-hybridized carbons (Fsp3) is 0.0385. The highest BCUT2D eigenvalue weighted by atomic mass is 16.3. The van der Waals surface area contributed by atoms with Gasteiger partial charge in [-0.05, 0) is 98.2 Å². The van der Waals surface area contributed by atoms with Crippen LogP contribution in [-0.2, 0) is 5.41 Å². The van der Waals surface area contributed by atoms with Crippen LogP contribution >= 0.6 is 0 Å². The van der Waals surface area contributed by atoms with E-state index in [1.807, 2.05) is 0 Å². The van der Waals surface area contributed by atoms with Gasteiger partial charge >= 0.3 is 0 Å². The lowest BCUT2D eigenvalue weighted by molar-refractivity contribution is 0.662. The lowest BCUT2D eigenvalue weighted by Gasteiger charge is -2.29. The van der Waals surface area contributed by atoms with Crippen LogP contribution in [0.5, 0.6) is 0 Å². The fourth-order valence-corrected chi connectivity index (χ4v) is 6.60. The van der Waals surface area contributed by atoms with Crippen LogP contribution in [0.1, 0.15) is 71.5 Å². The normalized spacial score (nSPS) is 22.4. The van der Waals surface area contributed by atoms with Crippen LogP contribution in [0.25, 0.3) is 65.7 Å². The molecule has 0 aliphatic heterocycles. The van der Waals surface area contributed by atoms with Crippen LogP contribution in [0.4, 0.5) is 17.1 Å². The third-order valence-electron chi connectivity index (χ3n) is 8.94. The molecule has 54 heavy (non-hydrogen) atoms. The van der Waals surface area contributed by atoms with Gasteiger partial charge in [-0.1, -0.05) is 157 Å². The van der Waals surface area contributed by atoms with Crippen molar-refractivity contribution in [3.05, 3.63) is 210 Å². The van der Waals surface area contributed by atoms with Gasteiger partial charge in [0.15, 0.2) is 0 Å². The number of nitrogens with zero attached hydrogens (tertiary/aromatic N) is 1. The van der Waals surface area contributed by atoms with E-state index in [2.05, 4.69) is 0 Å². The molecule has 2 nitrogen and oxygen atoms in total. The standard InChI is InChI=1S/C52H35NO/c1-52(45-22-11-9-19-41(45)42-20-10-12-23-46(42)52)37-28-31-44-50(33-37)54-49-25-13-24-47(51(44)49)53(38-29-26-35(27-30-38)34-14-3-2-4-15-34)48-32-36-16-5-6-17-39(36)40-18-7-8-21-43(40)48/h2-33H,1H3/i1D3,2D,3D,4D,5D,6D,7D,8D,9D,10D,11D,12D,13D,14D,15D,16D,17D,18D,19D,20D,21D,22D,23D,24D,25D,26D,27D,28D,29D,30D,31D,32D,33D. The summed E-state index contributed by atoms with van der Waals surface area (Å²) in [7, 11) is 0. The van der Waals surface area contributed by atoms with Crippen LogP contribution in [0.15, 0.2) is 198 Å². The number of rotatable bonds is 5. The number of hydrogen-bond acceptors (Lipinski definition) is 2. The van der Waals surface area contributed by atoms with Crippen LogP contribution < -0.4 is 4.90 Å². The zero-order valence-electron chi connectivity index (χ0n) is 61.9. The van der Waals surface area contributed by atoms with Gasteiger partial charge in [0, 0.05) is 26.0 Å². The molecular formula is C52H35NO. The van der Waals surface area contributed by atoms with Crippen molar-refractivity contribution >= 4 is 60.5 Å². The smallest absolute Gasteiger partial charge is 0.137 e. The molecule has 0 atom stereocenters. The third kappa shape index (κ3) is 4.47. The number of benzene rings is 9. The zero-order valence-corrected chi connectivity index (χ0v) is 26.9. The Labute approximate surface area is 363 Å². The Hall–Kier alpha value is -6.90. The molecule has 11 rings (SSSR count). The average Bonchev–Trinajstić information content (AvgIpc) is 1.63. The van der Waals surface area contributed by atoms with Gasteiger partial charge in [0.25, 0.3) is 0 Å². The van der Waals surface area contributed by atoms with Gasteiger partial charge in [-0.25, -0.2) is 0 Å². The molecule has 0 saturated carbocycles. The van der Waals surface area contributed by atoms with Crippen LogP contribution in [0.3, 0.4) is 0 Å². The van der Waals surface area contributed by atoms with Crippen molar-refractivity contribution in [3.63, 3.8) is 0 Å². The maximum Gasteiger partial charge on any atom is 0.137 e. The molecule has 0 spiro atoms. The van der Waals surface area contributed by atoms with E-state index in [4.69, 9.17) is 26.3 Å². The van der Waals surface area contributed by atoms with Crippen molar-refractivity contribution in [1.29, 1.82) is 0 Å². The molecule has 10 aromatic rings. The van der Waals surface area contributed by atoms with E-state index in [1.165, 1.54) is 0 Å². The zero-order chi connectivity index (χ0) is 66.2. The minimum Gasteiger partial charge on any atom is -0.456 e. The predicted molar refractivity (Wildman–Crippen MR) is 226 cm³/mol. The first kappa shape index (κ1) is 11.8. The molecule has 1 aromatic heterocycles. The number of anilines is 3. The SMILES string of the molecule is [2H]c1c([2H])c([2H])c(-c2c([2H])c([2H])c(N(c3c([2H])c4c([2H])c([2H])c([2H])c([2H])c4c4c([2H])c([2H])c([2H])c([2H])c34)c3c([2H])c([2H])c([2H])c4oc5c([2H])c(C6(C([2H])([2H])[2H])c7c([2H])c([2H])c([2H])c([2H])c7-c7c([2H])c([2H])c([2H])c([2H])c76)c([2H])c([2H])c5c34)c([2H])c2[2H])c([2H])c1[2H]. The Balaban J connectivity index is 1.42. The second-order valence-electron chi connectivity index (χ2n) is 11.8. The van der Waals surface area contributed by atoms with Gasteiger partial charge < -0.3 is 9.32 Å². The Morgan fingerprint density at radius 2 is 1.13 bits per heavy atom. The maximum absolute atomic E-state index is 10.1. The summed E-state index contributed by atoms with van der Waals surface area (Å²) in [5.41, 5.74) is -15.7. The quantitative estimate of drug-likeness (QED) is 0.164. The molecule has 1 heterocycles. The van der Waals surface area contributed by atoms with Crippen molar-refractivity contribution in [2.75, 3.05) is 4.90 Å². The average molecular weight is 725 g/mol. The lowest BCUT2D eigenvalue weighted by atomic mass is 9.74. The summed E-state index contributed by atoms with van der Waals surface area (Å²) in [6.07, 6.45) is 0. The highest BCUT2D eigenvalue weighted by Crippen LogP contribution is 2.53. The molecule has 0 amide bonds. The molecule has 1 aliphatic rings. The van der Waals surface area contributed by atoms with E-state index in [-0.39, 0.29) is 0 Å². The molecule has 0 fully saturated rings. The summed E-state index contributed by atoms with van der Waals surface area (Å²) in [4.78, 5) is 0.385. The van der Waals surface area contributed by atoms with E-state index < -0.39 is 305 Å². The Morgan fingerprint density at radius 3 is 1.89 bits per heavy atom. The van der Waals surface area contributed by atoms with Crippen molar-refractivity contribution in [1.82, 2.24) is 0 Å². The number of hydrogen-bond donors (Lipinski definition) is 0. The van der Waals surface area contributed by atoms with Gasteiger partial charge in [0.1, 0.15) is 11.2 Å². The van der Waals surface area contributed by atoms with Gasteiger partial charge in [0.2, 0.25) is 0 Å². The molecule has 0 saturated heterocycles. The Morgan fingerprint density at radius 1 is 0.481 bits per heavy atom. The van der Waals surface area contributed by atoms with E-state index in [9.17, 15) is 26.0 Å². The summed E-state index contributed by atoms with van der Waals surface area (Å²) in [5, 5.41) is -5.22. The molecule has 9 aromatic carbocycles. The fourth-order valence-electron chi connectivity index (χ4n) is 6.60. The van der Waals surface area contributed by atoms with Gasteiger partial charge in [-0.3, -0.25) is 0 Å². The summed E-state index contributed by atoms with van der Waals surface area (Å²) < 4.78 is 327. The van der Waals surface area contributed by atoms with Crippen molar-refractivity contribution in [3.8, 4) is 22.3 Å². The molecule has 1 aliphatic carbocycles. The van der Waals surface area contributed by atoms with E-state index in [1.54, 1.807) is 0 Å². The van der Waals surface area contributed by atoms with Crippen LogP contribution in [0.2, 0.25) is 0 Å². The second kappa shape index (κ2) is 11.8. The lowest BCUT2D eigenvalue weighted by Crippen LogP contribution is -2.22. The minimum absolute atomic E-state index is 0.385. The van der Waals surface area contributed by atoms with Crippen molar-refractivity contribution in [2.24, 2.45) is 0 Å². The topological polar surface area (TPSA) is 16.4 Å². The number of furan rings is 1. The van der Waals surface area contributed by atoms with Crippen molar-refractivity contribution in [2.45, 2.75) is 12.3 Å². The van der Waals surface area contributed by atoms with Crippen LogP contribution in [-0.4, -0.2) is 0 Å². The summed E-state index contributed by atoms with van der Waals surface area (Å²) in [6.45, 7) is -3.90. The van der Waals surface area contributed by atoms with E-state index in [0.717, 1.165) is 0 Å². The second-order valence-corrected chi connectivity index (χ2v) is 11.8. The monoisotopic (exact) mass is 724 g/mol. The van der Waals surface area contributed by atoms with E-state index >= 15 is 0 Å². The summed E-state index contributed by atoms with van der Waals surface area (Å²) in [5.74, 6) is 0. The molecule has 0 unspecified atom stereocenters. The molecular weight excluding hydrogens is 655 g/mol. The summed E-state index contributed by atoms with van der Waals surface area (Å²) in [6, 6.07) is -36.1. The minimum atomic E-state index is -3.90. The first-order valence-electron chi connectivity index (χ1n) is 33.3. The predicted octanol–water partition coefficient (Wildman–Crippen LogP) is 14.4. The van der Waals surface area contributed by atoms with Gasteiger partial charge in [-0.2, -0.15) is 0 Å². The largest absolute Gasteiger partial charge is 0.456 e. The Kier molecular flexibility index (Phi) is 2.58. The van der Waals surface area contributed by atoms with E-state index in [0.29, 0.717) is 4.90 Å². The molecule has 0 radical (unpaired) electrons. The number of fused-ring (bicyclic) bond motifs is 9. The highest BCUT2D eigenvalue weighted by Gasteiger charge is 2.40. The first-order valence-corrected chi connectivity index (χ1v) is 15.8. The van der Waals surface area contributed by atoms with Crippen LogP contribution in [0, 0.1) is 0 Å². The Bertz CT molecular complexity index is 4920. The van der Waals surface area contributed by atoms with Crippen molar-refractivity contribution < 1.29 is 52.4 Å². The summed E-state index contributed by atoms with van der Waals surface area (Å²) >= 11 is 0. The third-order valence-corrected chi connectivity index (χ3v) is 8.94. The highest BCUT2D eigenvalue weighted by molar-refractivity contribution is 6.18. The maximum atomic E-state index is 10.1.